The Kier molecular flexibility index (Phi) is 8.50. The molecule has 0 spiro atoms. The molecule has 10 nitrogen and oxygen atoms in total. The van der Waals surface area contributed by atoms with Crippen molar-refractivity contribution in [1.29, 1.82) is 0 Å². The molecule has 0 aromatic carbocycles. The highest BCUT2D eigenvalue weighted by Gasteiger charge is 2.38. The zero-order valence-corrected chi connectivity index (χ0v) is 21.5. The van der Waals surface area contributed by atoms with Crippen LogP contribution in [-0.4, -0.2) is 87.9 Å². The van der Waals surface area contributed by atoms with Crippen molar-refractivity contribution < 1.29 is 14.3 Å². The fourth-order valence-corrected chi connectivity index (χ4v) is 5.34. The van der Waals surface area contributed by atoms with Crippen LogP contribution in [-0.2, 0) is 20.9 Å². The summed E-state index contributed by atoms with van der Waals surface area (Å²) >= 11 is 1.28. The van der Waals surface area contributed by atoms with Crippen molar-refractivity contribution in [1.82, 2.24) is 24.1 Å². The Labute approximate surface area is 210 Å². The van der Waals surface area contributed by atoms with Crippen molar-refractivity contribution in [2.45, 2.75) is 51.7 Å². The number of esters is 1. The third kappa shape index (κ3) is 6.46. The number of piperazine rings is 1. The van der Waals surface area contributed by atoms with Gasteiger partial charge in [0.1, 0.15) is 17.9 Å². The number of nitrogens with zero attached hydrogens (tertiary/aromatic N) is 6. The molecule has 2 aromatic heterocycles. The standard InChI is InChI=1S/C24H35N7O3S/c1-17(2)15-18(22(32)31-10-6-7-19(31)23(33)34-3)26-24-27-20(28-35-24)16-29-11-13-30(14-12-29)21-8-4-5-9-25-21/h4-5,8-9,17-19H,6-7,10-16H2,1-3H3,(H,26,27,28)/t18-,19-/m0/s1. The Hall–Kier alpha value is -2.79. The first-order valence-electron chi connectivity index (χ1n) is 12.3. The summed E-state index contributed by atoms with van der Waals surface area (Å²) in [6.07, 6.45) is 3.92. The van der Waals surface area contributed by atoms with Gasteiger partial charge in [-0.2, -0.15) is 4.37 Å². The van der Waals surface area contributed by atoms with Gasteiger partial charge >= 0.3 is 5.97 Å². The summed E-state index contributed by atoms with van der Waals surface area (Å²) < 4.78 is 9.45. The molecule has 2 aliphatic heterocycles. The topological polar surface area (TPSA) is 104 Å². The zero-order chi connectivity index (χ0) is 24.8. The summed E-state index contributed by atoms with van der Waals surface area (Å²) in [7, 11) is 1.37. The smallest absolute Gasteiger partial charge is 0.328 e. The third-order valence-corrected chi connectivity index (χ3v) is 7.17. The minimum absolute atomic E-state index is 0.0750. The molecule has 190 valence electrons. The summed E-state index contributed by atoms with van der Waals surface area (Å²) in [6, 6.07) is 5.03. The first-order valence-corrected chi connectivity index (χ1v) is 13.1. The van der Waals surface area contributed by atoms with Gasteiger partial charge in [0.25, 0.3) is 0 Å². The van der Waals surface area contributed by atoms with Crippen molar-refractivity contribution in [3.63, 3.8) is 0 Å². The lowest BCUT2D eigenvalue weighted by molar-refractivity contribution is -0.151. The molecule has 4 rings (SSSR count). The second-order valence-corrected chi connectivity index (χ2v) is 10.3. The second-order valence-electron chi connectivity index (χ2n) is 9.51. The summed E-state index contributed by atoms with van der Waals surface area (Å²) in [5.41, 5.74) is 0. The van der Waals surface area contributed by atoms with Gasteiger partial charge in [-0.05, 0) is 37.3 Å². The molecular weight excluding hydrogens is 466 g/mol. The molecule has 2 aliphatic rings. The molecule has 2 fully saturated rings. The number of aromatic nitrogens is 3. The molecule has 0 bridgehead atoms. The van der Waals surface area contributed by atoms with E-state index in [0.717, 1.165) is 44.2 Å². The maximum Gasteiger partial charge on any atom is 0.328 e. The molecule has 1 N–H and O–H groups in total. The third-order valence-electron chi connectivity index (χ3n) is 6.49. The summed E-state index contributed by atoms with van der Waals surface area (Å²) in [5, 5.41) is 3.96. The number of nitrogens with one attached hydrogen (secondary N) is 1. The largest absolute Gasteiger partial charge is 0.467 e. The van der Waals surface area contributed by atoms with Gasteiger partial charge in [0.2, 0.25) is 11.0 Å². The number of carbonyl (C=O) groups is 2. The quantitative estimate of drug-likeness (QED) is 0.518. The Morgan fingerprint density at radius 1 is 1.20 bits per heavy atom. The number of likely N-dealkylation sites (tertiary alicyclic amines) is 1. The molecule has 0 saturated carbocycles. The fourth-order valence-electron chi connectivity index (χ4n) is 4.71. The van der Waals surface area contributed by atoms with Crippen LogP contribution in [0.2, 0.25) is 0 Å². The predicted octanol–water partition coefficient (Wildman–Crippen LogP) is 2.25. The van der Waals surface area contributed by atoms with Crippen LogP contribution in [0.25, 0.3) is 0 Å². The first-order chi connectivity index (χ1) is 16.9. The lowest BCUT2D eigenvalue weighted by Gasteiger charge is -2.34. The van der Waals surface area contributed by atoms with Gasteiger partial charge in [0, 0.05) is 50.5 Å². The number of pyridine rings is 1. The number of carbonyl (C=O) groups excluding carboxylic acids is 2. The van der Waals surface area contributed by atoms with Crippen molar-refractivity contribution >= 4 is 34.4 Å². The van der Waals surface area contributed by atoms with Crippen molar-refractivity contribution in [2.75, 3.05) is 50.1 Å². The van der Waals surface area contributed by atoms with E-state index in [4.69, 9.17) is 4.74 Å². The van der Waals surface area contributed by atoms with Crippen LogP contribution in [0, 0.1) is 5.92 Å². The van der Waals surface area contributed by atoms with E-state index in [1.165, 1.54) is 18.6 Å². The van der Waals surface area contributed by atoms with Crippen LogP contribution in [0.4, 0.5) is 10.9 Å². The summed E-state index contributed by atoms with van der Waals surface area (Å²) in [4.78, 5) is 41.0. The Balaban J connectivity index is 1.34. The van der Waals surface area contributed by atoms with Gasteiger partial charge in [0.05, 0.1) is 13.7 Å². The van der Waals surface area contributed by atoms with E-state index in [2.05, 4.69) is 43.3 Å². The predicted molar refractivity (Wildman–Crippen MR) is 135 cm³/mol. The van der Waals surface area contributed by atoms with Crippen LogP contribution < -0.4 is 10.2 Å². The zero-order valence-electron chi connectivity index (χ0n) is 20.7. The number of rotatable bonds is 9. The van der Waals surface area contributed by atoms with Crippen LogP contribution in [0.1, 0.15) is 38.9 Å². The maximum atomic E-state index is 13.4. The number of anilines is 2. The molecule has 2 saturated heterocycles. The Morgan fingerprint density at radius 2 is 2.00 bits per heavy atom. The van der Waals surface area contributed by atoms with Crippen molar-refractivity contribution in [3.8, 4) is 0 Å². The monoisotopic (exact) mass is 501 g/mol. The normalized spacial score (nSPS) is 19.7. The average molecular weight is 502 g/mol. The highest BCUT2D eigenvalue weighted by molar-refractivity contribution is 7.09. The van der Waals surface area contributed by atoms with Crippen LogP contribution in [0.5, 0.6) is 0 Å². The number of ether oxygens (including phenoxy) is 1. The van der Waals surface area contributed by atoms with Crippen molar-refractivity contribution in [3.05, 3.63) is 30.2 Å². The Morgan fingerprint density at radius 3 is 2.69 bits per heavy atom. The van der Waals surface area contributed by atoms with Crippen molar-refractivity contribution in [2.24, 2.45) is 5.92 Å². The lowest BCUT2D eigenvalue weighted by atomic mass is 10.0. The van der Waals surface area contributed by atoms with Gasteiger partial charge in [-0.1, -0.05) is 19.9 Å². The molecule has 11 heteroatoms. The summed E-state index contributed by atoms with van der Waals surface area (Å²) in [5.74, 6) is 1.65. The summed E-state index contributed by atoms with van der Waals surface area (Å²) in [6.45, 7) is 9.06. The van der Waals surface area contributed by atoms with E-state index in [-0.39, 0.29) is 11.9 Å². The van der Waals surface area contributed by atoms with Crippen LogP contribution in [0.3, 0.4) is 0 Å². The molecule has 35 heavy (non-hydrogen) atoms. The number of amides is 1. The lowest BCUT2D eigenvalue weighted by Crippen LogP contribution is -2.48. The van der Waals surface area contributed by atoms with Gasteiger partial charge in [0.15, 0.2) is 5.82 Å². The van der Waals surface area contributed by atoms with Gasteiger partial charge < -0.3 is 19.9 Å². The number of methoxy groups -OCH3 is 1. The van der Waals surface area contributed by atoms with Crippen LogP contribution in [0.15, 0.2) is 24.4 Å². The van der Waals surface area contributed by atoms with E-state index >= 15 is 0 Å². The van der Waals surface area contributed by atoms with Gasteiger partial charge in [-0.25, -0.2) is 14.8 Å². The molecule has 0 aliphatic carbocycles. The SMILES string of the molecule is COC(=O)[C@@H]1CCCN1C(=O)[C@H](CC(C)C)Nc1nc(CN2CCN(c3ccccn3)CC2)ns1. The van der Waals surface area contributed by atoms with E-state index in [9.17, 15) is 9.59 Å². The first kappa shape index (κ1) is 25.3. The molecule has 2 atom stereocenters. The molecule has 2 aromatic rings. The van der Waals surface area contributed by atoms with E-state index < -0.39 is 12.1 Å². The molecule has 1 amide bonds. The van der Waals surface area contributed by atoms with E-state index in [1.807, 2.05) is 24.4 Å². The highest BCUT2D eigenvalue weighted by Crippen LogP contribution is 2.24. The highest BCUT2D eigenvalue weighted by atomic mass is 32.1. The molecule has 0 unspecified atom stereocenters. The molecule has 4 heterocycles. The van der Waals surface area contributed by atoms with Crippen LogP contribution >= 0.6 is 11.5 Å². The van der Waals surface area contributed by atoms with E-state index in [1.54, 1.807) is 4.90 Å². The van der Waals surface area contributed by atoms with Gasteiger partial charge in [-0.3, -0.25) is 9.69 Å². The molecule has 0 radical (unpaired) electrons. The average Bonchev–Trinajstić information content (AvgIpc) is 3.53. The number of hydrogen-bond acceptors (Lipinski definition) is 10. The Bertz CT molecular complexity index is 979. The minimum Gasteiger partial charge on any atom is -0.467 e. The fraction of sp³-hybridized carbons (Fsp3) is 0.625. The number of hydrogen-bond donors (Lipinski definition) is 1. The van der Waals surface area contributed by atoms with Gasteiger partial charge in [-0.15, -0.1) is 0 Å². The minimum atomic E-state index is -0.501. The second kappa shape index (κ2) is 11.8. The molecular formula is C24H35N7O3S. The van der Waals surface area contributed by atoms with E-state index in [0.29, 0.717) is 37.0 Å². The maximum absolute atomic E-state index is 13.4.